The molecule has 0 saturated carbocycles. The lowest BCUT2D eigenvalue weighted by atomic mass is 10.1. The normalized spacial score (nSPS) is 19.6. The van der Waals surface area contributed by atoms with E-state index < -0.39 is 0 Å². The summed E-state index contributed by atoms with van der Waals surface area (Å²) in [5, 5.41) is 0. The molecule has 1 aliphatic heterocycles. The van der Waals surface area contributed by atoms with Gasteiger partial charge in [0.15, 0.2) is 5.82 Å². The summed E-state index contributed by atoms with van der Waals surface area (Å²) in [5.41, 5.74) is 3.25. The number of aromatic nitrogens is 3. The summed E-state index contributed by atoms with van der Waals surface area (Å²) in [4.78, 5) is 11.0. The number of anilines is 1. The fraction of sp³-hybridized carbons (Fsp3) is 0.538. The Labute approximate surface area is 117 Å². The SMILES string of the molecule is CN1CCCC1CCOc1nc(NN)cn2ccnc12. The van der Waals surface area contributed by atoms with Crippen LogP contribution in [0.1, 0.15) is 19.3 Å². The van der Waals surface area contributed by atoms with Crippen molar-refractivity contribution < 1.29 is 4.74 Å². The van der Waals surface area contributed by atoms with E-state index in [-0.39, 0.29) is 0 Å². The van der Waals surface area contributed by atoms with Crippen LogP contribution in [0.15, 0.2) is 18.6 Å². The molecule has 3 rings (SSSR count). The van der Waals surface area contributed by atoms with Crippen LogP contribution in [0.5, 0.6) is 5.88 Å². The standard InChI is InChI=1S/C13H20N6O/c1-18-6-2-3-10(18)4-8-20-13-12-15-5-7-19(12)9-11(16-13)17-14/h5,7,9-10,17H,2-4,6,8,14H2,1H3. The van der Waals surface area contributed by atoms with Gasteiger partial charge in [-0.05, 0) is 32.9 Å². The number of fused-ring (bicyclic) bond motifs is 1. The Hall–Kier alpha value is -1.86. The van der Waals surface area contributed by atoms with Gasteiger partial charge in [-0.2, -0.15) is 4.98 Å². The van der Waals surface area contributed by atoms with Crippen molar-refractivity contribution in [3.63, 3.8) is 0 Å². The molecule has 0 aliphatic carbocycles. The molecular formula is C13H20N6O. The molecule has 20 heavy (non-hydrogen) atoms. The zero-order valence-electron chi connectivity index (χ0n) is 11.6. The fourth-order valence-corrected chi connectivity index (χ4v) is 2.70. The first-order chi connectivity index (χ1) is 9.78. The average Bonchev–Trinajstić information content (AvgIpc) is 3.07. The third kappa shape index (κ3) is 2.54. The number of hydrogen-bond donors (Lipinski definition) is 2. The van der Waals surface area contributed by atoms with Crippen molar-refractivity contribution in [2.45, 2.75) is 25.3 Å². The van der Waals surface area contributed by atoms with E-state index in [2.05, 4.69) is 27.3 Å². The summed E-state index contributed by atoms with van der Waals surface area (Å²) in [6.07, 6.45) is 8.86. The molecule has 0 aromatic carbocycles. The van der Waals surface area contributed by atoms with Crippen LogP contribution in [0.4, 0.5) is 5.82 Å². The van der Waals surface area contributed by atoms with Crippen molar-refractivity contribution in [2.24, 2.45) is 5.84 Å². The van der Waals surface area contributed by atoms with Gasteiger partial charge < -0.3 is 15.1 Å². The molecule has 3 N–H and O–H groups in total. The van der Waals surface area contributed by atoms with Crippen LogP contribution in [0.25, 0.3) is 5.65 Å². The average molecular weight is 276 g/mol. The first kappa shape index (κ1) is 13.1. The van der Waals surface area contributed by atoms with Crippen molar-refractivity contribution in [1.29, 1.82) is 0 Å². The molecule has 0 amide bonds. The van der Waals surface area contributed by atoms with Crippen LogP contribution in [0.2, 0.25) is 0 Å². The lowest BCUT2D eigenvalue weighted by molar-refractivity contribution is 0.229. The predicted molar refractivity (Wildman–Crippen MR) is 76.6 cm³/mol. The molecular weight excluding hydrogens is 256 g/mol. The monoisotopic (exact) mass is 276 g/mol. The van der Waals surface area contributed by atoms with Gasteiger partial charge in [0, 0.05) is 18.4 Å². The van der Waals surface area contributed by atoms with Gasteiger partial charge >= 0.3 is 0 Å². The molecule has 2 aromatic rings. The Morgan fingerprint density at radius 1 is 1.55 bits per heavy atom. The second-order valence-electron chi connectivity index (χ2n) is 5.15. The maximum atomic E-state index is 5.81. The molecule has 7 heteroatoms. The molecule has 0 radical (unpaired) electrons. The van der Waals surface area contributed by atoms with Crippen LogP contribution in [-0.4, -0.2) is 45.5 Å². The van der Waals surface area contributed by atoms with Gasteiger partial charge in [-0.1, -0.05) is 0 Å². The van der Waals surface area contributed by atoms with E-state index in [0.29, 0.717) is 30.0 Å². The molecule has 7 nitrogen and oxygen atoms in total. The number of nitrogens with two attached hydrogens (primary N) is 1. The maximum absolute atomic E-state index is 5.81. The highest BCUT2D eigenvalue weighted by Crippen LogP contribution is 2.21. The predicted octanol–water partition coefficient (Wildman–Crippen LogP) is 0.878. The minimum Gasteiger partial charge on any atom is -0.475 e. The molecule has 108 valence electrons. The van der Waals surface area contributed by atoms with Crippen LogP contribution in [-0.2, 0) is 0 Å². The van der Waals surface area contributed by atoms with E-state index in [4.69, 9.17) is 10.6 Å². The van der Waals surface area contributed by atoms with Gasteiger partial charge in [0.1, 0.15) is 0 Å². The van der Waals surface area contributed by atoms with E-state index in [1.54, 1.807) is 12.4 Å². The maximum Gasteiger partial charge on any atom is 0.260 e. The molecule has 3 heterocycles. The number of nitrogens with one attached hydrogen (secondary N) is 1. The molecule has 1 atom stereocenters. The van der Waals surface area contributed by atoms with Crippen molar-refractivity contribution in [2.75, 3.05) is 25.6 Å². The lowest BCUT2D eigenvalue weighted by Gasteiger charge is -2.19. The molecule has 1 unspecified atom stereocenters. The van der Waals surface area contributed by atoms with Crippen LogP contribution in [0.3, 0.4) is 0 Å². The molecule has 0 spiro atoms. The first-order valence-electron chi connectivity index (χ1n) is 6.91. The van der Waals surface area contributed by atoms with E-state index >= 15 is 0 Å². The van der Waals surface area contributed by atoms with Crippen molar-refractivity contribution in [3.05, 3.63) is 18.6 Å². The summed E-state index contributed by atoms with van der Waals surface area (Å²) in [7, 11) is 2.17. The molecule has 1 aliphatic rings. The number of nitrogens with zero attached hydrogens (tertiary/aromatic N) is 4. The summed E-state index contributed by atoms with van der Waals surface area (Å²) in [6.45, 7) is 1.82. The zero-order chi connectivity index (χ0) is 13.9. The largest absolute Gasteiger partial charge is 0.475 e. The Bertz CT molecular complexity index is 583. The Morgan fingerprint density at radius 3 is 3.20 bits per heavy atom. The third-order valence-electron chi connectivity index (χ3n) is 3.85. The van der Waals surface area contributed by atoms with Crippen molar-refractivity contribution in [3.8, 4) is 5.88 Å². The minimum absolute atomic E-state index is 0.520. The van der Waals surface area contributed by atoms with Crippen LogP contribution in [0, 0.1) is 0 Å². The Balaban J connectivity index is 1.68. The van der Waals surface area contributed by atoms with Crippen LogP contribution >= 0.6 is 0 Å². The van der Waals surface area contributed by atoms with E-state index in [0.717, 1.165) is 6.42 Å². The zero-order valence-corrected chi connectivity index (χ0v) is 11.6. The number of hydrogen-bond acceptors (Lipinski definition) is 6. The number of imidazole rings is 1. The topological polar surface area (TPSA) is 80.7 Å². The third-order valence-corrected chi connectivity index (χ3v) is 3.85. The Kier molecular flexibility index (Phi) is 3.70. The van der Waals surface area contributed by atoms with Gasteiger partial charge in [-0.3, -0.25) is 4.40 Å². The second kappa shape index (κ2) is 5.64. The number of ether oxygens (including phenoxy) is 1. The summed E-state index contributed by atoms with van der Waals surface area (Å²) >= 11 is 0. The van der Waals surface area contributed by atoms with Gasteiger partial charge in [0.05, 0.1) is 12.8 Å². The number of nitrogen functional groups attached to an aromatic ring is 1. The lowest BCUT2D eigenvalue weighted by Crippen LogP contribution is -2.26. The highest BCUT2D eigenvalue weighted by molar-refractivity contribution is 5.53. The minimum atomic E-state index is 0.520. The summed E-state index contributed by atoms with van der Waals surface area (Å²) < 4.78 is 7.66. The quantitative estimate of drug-likeness (QED) is 0.623. The number of likely N-dealkylation sites (tertiary alicyclic amines) is 1. The smallest absolute Gasteiger partial charge is 0.260 e. The highest BCUT2D eigenvalue weighted by Gasteiger charge is 2.20. The van der Waals surface area contributed by atoms with Crippen molar-refractivity contribution >= 4 is 11.5 Å². The fourth-order valence-electron chi connectivity index (χ4n) is 2.70. The van der Waals surface area contributed by atoms with Crippen molar-refractivity contribution in [1.82, 2.24) is 19.3 Å². The van der Waals surface area contributed by atoms with E-state index in [9.17, 15) is 0 Å². The van der Waals surface area contributed by atoms with Crippen LogP contribution < -0.4 is 16.0 Å². The van der Waals surface area contributed by atoms with Gasteiger partial charge in [-0.15, -0.1) is 0 Å². The molecule has 1 fully saturated rings. The number of hydrazine groups is 1. The summed E-state index contributed by atoms with van der Waals surface area (Å²) in [5.74, 6) is 6.49. The van der Waals surface area contributed by atoms with E-state index in [1.807, 2.05) is 10.6 Å². The Morgan fingerprint density at radius 2 is 2.45 bits per heavy atom. The second-order valence-corrected chi connectivity index (χ2v) is 5.15. The summed E-state index contributed by atoms with van der Waals surface area (Å²) in [6, 6.07) is 0.613. The van der Waals surface area contributed by atoms with E-state index in [1.165, 1.54) is 19.4 Å². The highest BCUT2D eigenvalue weighted by atomic mass is 16.5. The first-order valence-corrected chi connectivity index (χ1v) is 6.91. The number of rotatable bonds is 5. The van der Waals surface area contributed by atoms with Gasteiger partial charge in [0.2, 0.25) is 5.65 Å². The molecule has 1 saturated heterocycles. The molecule has 2 aromatic heterocycles. The van der Waals surface area contributed by atoms with Gasteiger partial charge in [-0.25, -0.2) is 10.8 Å². The van der Waals surface area contributed by atoms with Gasteiger partial charge in [0.25, 0.3) is 5.88 Å². The molecule has 0 bridgehead atoms.